The molecule has 2 heterocycles. The van der Waals surface area contributed by atoms with Gasteiger partial charge in [-0.1, -0.05) is 0 Å². The lowest BCUT2D eigenvalue weighted by atomic mass is 10.2. The molecule has 0 fully saturated rings. The van der Waals surface area contributed by atoms with E-state index < -0.39 is 0 Å². The van der Waals surface area contributed by atoms with E-state index in [1.807, 2.05) is 0 Å². The van der Waals surface area contributed by atoms with E-state index in [0.717, 1.165) is 0 Å². The molecule has 0 radical (unpaired) electrons. The summed E-state index contributed by atoms with van der Waals surface area (Å²) in [6.45, 7) is 0.278. The third kappa shape index (κ3) is 2.51. The summed E-state index contributed by atoms with van der Waals surface area (Å²) in [6, 6.07) is 2.74. The average Bonchev–Trinajstić information content (AvgIpc) is 2.73. The topological polar surface area (TPSA) is 117 Å². The molecule has 0 bridgehead atoms. The van der Waals surface area contributed by atoms with Crippen molar-refractivity contribution in [2.75, 3.05) is 5.73 Å². The van der Waals surface area contributed by atoms with E-state index in [1.54, 1.807) is 6.20 Å². The molecular weight excluding hydrogens is 222 g/mol. The molecule has 7 heteroatoms. The maximum Gasteiger partial charge on any atom is 0.253 e. The second kappa shape index (κ2) is 4.52. The van der Waals surface area contributed by atoms with Gasteiger partial charge in [0, 0.05) is 24.4 Å². The van der Waals surface area contributed by atoms with Gasteiger partial charge in [0.2, 0.25) is 5.56 Å². The number of nitrogens with two attached hydrogens (primary N) is 1. The van der Waals surface area contributed by atoms with E-state index in [4.69, 9.17) is 5.73 Å². The van der Waals surface area contributed by atoms with Crippen LogP contribution < -0.4 is 16.6 Å². The smallest absolute Gasteiger partial charge is 0.253 e. The molecular formula is C10H11N5O2. The number of hydrogen-bond donors (Lipinski definition) is 4. The second-order valence-electron chi connectivity index (χ2n) is 3.43. The van der Waals surface area contributed by atoms with E-state index in [2.05, 4.69) is 20.5 Å². The Morgan fingerprint density at radius 3 is 2.88 bits per heavy atom. The van der Waals surface area contributed by atoms with Crippen LogP contribution in [0.15, 0.2) is 29.3 Å². The second-order valence-corrected chi connectivity index (χ2v) is 3.43. The monoisotopic (exact) mass is 233 g/mol. The van der Waals surface area contributed by atoms with Crippen molar-refractivity contribution < 1.29 is 4.79 Å². The third-order valence-electron chi connectivity index (χ3n) is 2.24. The molecule has 88 valence electrons. The minimum absolute atomic E-state index is 0.249. The lowest BCUT2D eigenvalue weighted by molar-refractivity contribution is 0.0950. The fraction of sp³-hybridized carbons (Fsp3) is 0.100. The normalized spacial score (nSPS) is 10.1. The first-order chi connectivity index (χ1) is 8.16. The SMILES string of the molecule is Nc1[nH]ncc1CNC(=O)c1ccc(=O)[nH]c1. The number of anilines is 1. The van der Waals surface area contributed by atoms with E-state index in [9.17, 15) is 9.59 Å². The van der Waals surface area contributed by atoms with Crippen LogP contribution in [0.4, 0.5) is 5.82 Å². The molecule has 0 unspecified atom stereocenters. The van der Waals surface area contributed by atoms with Crippen molar-refractivity contribution in [1.82, 2.24) is 20.5 Å². The zero-order chi connectivity index (χ0) is 12.3. The van der Waals surface area contributed by atoms with Crippen molar-refractivity contribution in [2.45, 2.75) is 6.54 Å². The predicted octanol–water partition coefficient (Wildman–Crippen LogP) is -0.390. The summed E-state index contributed by atoms with van der Waals surface area (Å²) in [7, 11) is 0. The lowest BCUT2D eigenvalue weighted by Crippen LogP contribution is -2.23. The van der Waals surface area contributed by atoms with Gasteiger partial charge in [-0.2, -0.15) is 5.10 Å². The van der Waals surface area contributed by atoms with Gasteiger partial charge >= 0.3 is 0 Å². The average molecular weight is 233 g/mol. The van der Waals surface area contributed by atoms with Gasteiger partial charge in [-0.3, -0.25) is 14.7 Å². The number of pyridine rings is 1. The number of carbonyl (C=O) groups is 1. The lowest BCUT2D eigenvalue weighted by Gasteiger charge is -2.03. The van der Waals surface area contributed by atoms with E-state index in [1.165, 1.54) is 18.3 Å². The van der Waals surface area contributed by atoms with Crippen molar-refractivity contribution >= 4 is 11.7 Å². The summed E-state index contributed by atoms with van der Waals surface area (Å²) < 4.78 is 0. The molecule has 5 N–H and O–H groups in total. The molecule has 0 saturated carbocycles. The minimum Gasteiger partial charge on any atom is -0.384 e. The Balaban J connectivity index is 2.00. The molecule has 0 aliphatic carbocycles. The van der Waals surface area contributed by atoms with Crippen molar-refractivity contribution in [3.05, 3.63) is 46.0 Å². The molecule has 0 spiro atoms. The summed E-state index contributed by atoms with van der Waals surface area (Å²) in [6.07, 6.45) is 2.90. The van der Waals surface area contributed by atoms with Crippen LogP contribution in [0.5, 0.6) is 0 Å². The Bertz CT molecular complexity index is 566. The van der Waals surface area contributed by atoms with Gasteiger partial charge in [0.25, 0.3) is 5.91 Å². The summed E-state index contributed by atoms with van der Waals surface area (Å²) >= 11 is 0. The number of hydrogen-bond acceptors (Lipinski definition) is 4. The number of aromatic amines is 2. The number of rotatable bonds is 3. The van der Waals surface area contributed by atoms with E-state index in [0.29, 0.717) is 16.9 Å². The van der Waals surface area contributed by atoms with Crippen molar-refractivity contribution in [3.63, 3.8) is 0 Å². The van der Waals surface area contributed by atoms with Gasteiger partial charge in [-0.15, -0.1) is 0 Å². The van der Waals surface area contributed by atoms with Crippen LogP contribution >= 0.6 is 0 Å². The molecule has 2 rings (SSSR count). The molecule has 0 aliphatic rings. The molecule has 0 aliphatic heterocycles. The molecule has 0 atom stereocenters. The molecule has 2 aromatic heterocycles. The highest BCUT2D eigenvalue weighted by Gasteiger charge is 2.07. The van der Waals surface area contributed by atoms with Crippen molar-refractivity contribution in [1.29, 1.82) is 0 Å². The first-order valence-electron chi connectivity index (χ1n) is 4.91. The molecule has 7 nitrogen and oxygen atoms in total. The summed E-state index contributed by atoms with van der Waals surface area (Å²) in [5.74, 6) is 0.133. The van der Waals surface area contributed by atoms with E-state index in [-0.39, 0.29) is 18.0 Å². The van der Waals surface area contributed by atoms with Gasteiger partial charge < -0.3 is 16.0 Å². The van der Waals surface area contributed by atoms with Gasteiger partial charge in [0.05, 0.1) is 11.8 Å². The van der Waals surface area contributed by atoms with Crippen LogP contribution in [-0.2, 0) is 6.54 Å². The van der Waals surface area contributed by atoms with Crippen molar-refractivity contribution in [3.8, 4) is 0 Å². The highest BCUT2D eigenvalue weighted by Crippen LogP contribution is 2.05. The highest BCUT2D eigenvalue weighted by atomic mass is 16.1. The van der Waals surface area contributed by atoms with Gasteiger partial charge in [-0.25, -0.2) is 0 Å². The number of aromatic nitrogens is 3. The standard InChI is InChI=1S/C10H11N5O2/c11-9-7(5-14-15-9)4-13-10(17)6-1-2-8(16)12-3-6/h1-3,5H,4H2,(H,12,16)(H,13,17)(H3,11,14,15). The fourth-order valence-corrected chi connectivity index (χ4v) is 1.29. The summed E-state index contributed by atoms with van der Waals surface area (Å²) in [5, 5.41) is 8.96. The largest absolute Gasteiger partial charge is 0.384 e. The van der Waals surface area contributed by atoms with Gasteiger partial charge in [0.15, 0.2) is 0 Å². The molecule has 1 amide bonds. The zero-order valence-electron chi connectivity index (χ0n) is 8.86. The molecule has 2 aromatic rings. The first kappa shape index (κ1) is 10.9. The molecule has 17 heavy (non-hydrogen) atoms. The molecule has 0 saturated heterocycles. The minimum atomic E-state index is -0.290. The zero-order valence-corrected chi connectivity index (χ0v) is 8.86. The number of nitrogens with one attached hydrogen (secondary N) is 3. The summed E-state index contributed by atoms with van der Waals surface area (Å²) in [4.78, 5) is 24.9. The van der Waals surface area contributed by atoms with Crippen LogP contribution in [0, 0.1) is 0 Å². The maximum atomic E-state index is 11.7. The fourth-order valence-electron chi connectivity index (χ4n) is 1.29. The van der Waals surface area contributed by atoms with Crippen LogP contribution in [0.2, 0.25) is 0 Å². The maximum absolute atomic E-state index is 11.7. The van der Waals surface area contributed by atoms with Crippen LogP contribution in [-0.4, -0.2) is 21.1 Å². The number of nitrogens with zero attached hydrogens (tertiary/aromatic N) is 1. The Morgan fingerprint density at radius 1 is 1.47 bits per heavy atom. The number of amides is 1. The Kier molecular flexibility index (Phi) is 2.91. The number of nitrogen functional groups attached to an aromatic ring is 1. The number of carbonyl (C=O) groups excluding carboxylic acids is 1. The third-order valence-corrected chi connectivity index (χ3v) is 2.24. The van der Waals surface area contributed by atoms with Crippen LogP contribution in [0.1, 0.15) is 15.9 Å². The van der Waals surface area contributed by atoms with Gasteiger partial charge in [0.1, 0.15) is 5.82 Å². The quantitative estimate of drug-likeness (QED) is 0.577. The Hall–Kier alpha value is -2.57. The molecule has 0 aromatic carbocycles. The number of H-pyrrole nitrogens is 2. The summed E-state index contributed by atoms with van der Waals surface area (Å²) in [5.41, 5.74) is 6.41. The van der Waals surface area contributed by atoms with Crippen LogP contribution in [0.25, 0.3) is 0 Å². The Labute approximate surface area is 96.0 Å². The predicted molar refractivity (Wildman–Crippen MR) is 61.2 cm³/mol. The van der Waals surface area contributed by atoms with Crippen molar-refractivity contribution in [2.24, 2.45) is 0 Å². The Morgan fingerprint density at radius 2 is 2.29 bits per heavy atom. The van der Waals surface area contributed by atoms with Gasteiger partial charge in [-0.05, 0) is 6.07 Å². The highest BCUT2D eigenvalue weighted by molar-refractivity contribution is 5.93. The van der Waals surface area contributed by atoms with Crippen LogP contribution in [0.3, 0.4) is 0 Å². The first-order valence-corrected chi connectivity index (χ1v) is 4.91. The van der Waals surface area contributed by atoms with E-state index >= 15 is 0 Å².